The summed E-state index contributed by atoms with van der Waals surface area (Å²) in [5.74, 6) is 0.554. The number of rotatable bonds is 2. The van der Waals surface area contributed by atoms with Crippen LogP contribution < -0.4 is 0 Å². The second-order valence-corrected chi connectivity index (χ2v) is 5.34. The van der Waals surface area contributed by atoms with Crippen molar-refractivity contribution in [2.75, 3.05) is 0 Å². The molecule has 0 saturated heterocycles. The van der Waals surface area contributed by atoms with Crippen LogP contribution in [-0.2, 0) is 0 Å². The molecule has 0 aliphatic rings. The second kappa shape index (κ2) is 4.78. The van der Waals surface area contributed by atoms with Gasteiger partial charge in [0, 0.05) is 9.75 Å². The molecule has 2 aromatic carbocycles. The topological polar surface area (TPSA) is 40.5 Å². The van der Waals surface area contributed by atoms with E-state index in [9.17, 15) is 10.2 Å². The van der Waals surface area contributed by atoms with Crippen molar-refractivity contribution in [3.8, 4) is 32.4 Å². The van der Waals surface area contributed by atoms with Gasteiger partial charge in [-0.05, 0) is 71.8 Å². The summed E-state index contributed by atoms with van der Waals surface area (Å²) in [5, 5.41) is 18.6. The lowest BCUT2D eigenvalue weighted by Gasteiger charge is -1.98. The predicted octanol–water partition coefficient (Wildman–Crippen LogP) is 4.49. The van der Waals surface area contributed by atoms with Gasteiger partial charge in [-0.25, -0.2) is 0 Å². The highest BCUT2D eigenvalue weighted by atomic mass is 32.1. The number of phenols is 2. The molecule has 1 heterocycles. The van der Waals surface area contributed by atoms with Gasteiger partial charge in [-0.15, -0.1) is 11.3 Å². The Kier molecular flexibility index (Phi) is 2.97. The highest BCUT2D eigenvalue weighted by Gasteiger charge is 2.05. The van der Waals surface area contributed by atoms with Gasteiger partial charge in [0.15, 0.2) is 0 Å². The lowest BCUT2D eigenvalue weighted by atomic mass is 10.1. The maximum absolute atomic E-state index is 9.29. The maximum Gasteiger partial charge on any atom is 0.115 e. The SMILES string of the molecule is Oc1ccc(-c2ccc(-c3ccc(O)cc3)s2)cc1. The zero-order chi connectivity index (χ0) is 13.2. The molecule has 0 bridgehead atoms. The van der Waals surface area contributed by atoms with Gasteiger partial charge in [-0.2, -0.15) is 0 Å². The molecule has 0 saturated carbocycles. The van der Waals surface area contributed by atoms with E-state index >= 15 is 0 Å². The number of hydrogen-bond donors (Lipinski definition) is 2. The van der Waals surface area contributed by atoms with Gasteiger partial charge in [0.1, 0.15) is 11.5 Å². The number of thiophene rings is 1. The summed E-state index contributed by atoms with van der Waals surface area (Å²) in [6.07, 6.45) is 0. The molecule has 2 nitrogen and oxygen atoms in total. The lowest BCUT2D eigenvalue weighted by Crippen LogP contribution is -1.70. The summed E-state index contributed by atoms with van der Waals surface area (Å²) < 4.78 is 0. The molecule has 0 aliphatic carbocycles. The van der Waals surface area contributed by atoms with E-state index in [2.05, 4.69) is 12.1 Å². The Morgan fingerprint density at radius 1 is 0.526 bits per heavy atom. The van der Waals surface area contributed by atoms with Crippen LogP contribution in [0, 0.1) is 0 Å². The Morgan fingerprint density at radius 3 is 1.26 bits per heavy atom. The van der Waals surface area contributed by atoms with Crippen LogP contribution in [0.2, 0.25) is 0 Å². The molecule has 0 spiro atoms. The third-order valence-corrected chi connectivity index (χ3v) is 4.09. The standard InChI is InChI=1S/C16H12O2S/c17-13-5-1-11(2-6-13)15-9-10-16(19-15)12-3-7-14(18)8-4-12/h1-10,17-18H. The largest absolute Gasteiger partial charge is 0.508 e. The quantitative estimate of drug-likeness (QED) is 0.718. The van der Waals surface area contributed by atoms with Crippen LogP contribution in [0.4, 0.5) is 0 Å². The van der Waals surface area contributed by atoms with Crippen LogP contribution >= 0.6 is 11.3 Å². The lowest BCUT2D eigenvalue weighted by molar-refractivity contribution is 0.475. The number of aromatic hydroxyl groups is 2. The van der Waals surface area contributed by atoms with E-state index in [0.717, 1.165) is 20.9 Å². The molecule has 0 unspecified atom stereocenters. The van der Waals surface area contributed by atoms with Gasteiger partial charge in [0.05, 0.1) is 0 Å². The molecule has 0 radical (unpaired) electrons. The third kappa shape index (κ3) is 2.46. The monoisotopic (exact) mass is 268 g/mol. The number of benzene rings is 2. The van der Waals surface area contributed by atoms with E-state index in [1.54, 1.807) is 35.6 Å². The van der Waals surface area contributed by atoms with Crippen molar-refractivity contribution in [3.63, 3.8) is 0 Å². The average Bonchev–Trinajstić information content (AvgIpc) is 2.90. The predicted molar refractivity (Wildman–Crippen MR) is 78.5 cm³/mol. The maximum atomic E-state index is 9.29. The molecule has 0 amide bonds. The van der Waals surface area contributed by atoms with Gasteiger partial charge in [0.2, 0.25) is 0 Å². The minimum absolute atomic E-state index is 0.277. The van der Waals surface area contributed by atoms with Crippen LogP contribution in [-0.4, -0.2) is 10.2 Å². The summed E-state index contributed by atoms with van der Waals surface area (Å²) in [6, 6.07) is 18.5. The Morgan fingerprint density at radius 2 is 0.895 bits per heavy atom. The fourth-order valence-electron chi connectivity index (χ4n) is 1.90. The number of phenolic OH excluding ortho intramolecular Hbond substituents is 2. The molecule has 2 N–H and O–H groups in total. The first kappa shape index (κ1) is 11.8. The van der Waals surface area contributed by atoms with Crippen molar-refractivity contribution in [1.82, 2.24) is 0 Å². The zero-order valence-electron chi connectivity index (χ0n) is 10.1. The minimum Gasteiger partial charge on any atom is -0.508 e. The van der Waals surface area contributed by atoms with Crippen LogP contribution in [0.1, 0.15) is 0 Å². The average molecular weight is 268 g/mol. The van der Waals surface area contributed by atoms with Gasteiger partial charge in [-0.3, -0.25) is 0 Å². The summed E-state index contributed by atoms with van der Waals surface area (Å²) in [7, 11) is 0. The molecule has 0 aliphatic heterocycles. The fourth-order valence-corrected chi connectivity index (χ4v) is 2.92. The van der Waals surface area contributed by atoms with Crippen molar-refractivity contribution in [1.29, 1.82) is 0 Å². The molecule has 0 atom stereocenters. The second-order valence-electron chi connectivity index (χ2n) is 4.26. The normalized spacial score (nSPS) is 10.5. The Balaban J connectivity index is 1.95. The van der Waals surface area contributed by atoms with Gasteiger partial charge in [-0.1, -0.05) is 0 Å². The molecular formula is C16H12O2S. The highest BCUT2D eigenvalue weighted by Crippen LogP contribution is 2.35. The van der Waals surface area contributed by atoms with Crippen molar-refractivity contribution >= 4 is 11.3 Å². The summed E-state index contributed by atoms with van der Waals surface area (Å²) in [6.45, 7) is 0. The highest BCUT2D eigenvalue weighted by molar-refractivity contribution is 7.18. The molecule has 3 aromatic rings. The first-order chi connectivity index (χ1) is 9.22. The van der Waals surface area contributed by atoms with Gasteiger partial charge < -0.3 is 10.2 Å². The van der Waals surface area contributed by atoms with Crippen molar-refractivity contribution in [2.45, 2.75) is 0 Å². The summed E-state index contributed by atoms with van der Waals surface area (Å²) >= 11 is 1.69. The Labute approximate surface area is 115 Å². The van der Waals surface area contributed by atoms with Gasteiger partial charge in [0.25, 0.3) is 0 Å². The third-order valence-electron chi connectivity index (χ3n) is 2.91. The first-order valence-electron chi connectivity index (χ1n) is 5.91. The van der Waals surface area contributed by atoms with E-state index < -0.39 is 0 Å². The molecule has 94 valence electrons. The van der Waals surface area contributed by atoms with Crippen LogP contribution in [0.3, 0.4) is 0 Å². The summed E-state index contributed by atoms with van der Waals surface area (Å²) in [5.41, 5.74) is 2.18. The van der Waals surface area contributed by atoms with Crippen molar-refractivity contribution in [2.24, 2.45) is 0 Å². The van der Waals surface area contributed by atoms with E-state index in [1.807, 2.05) is 24.3 Å². The molecule has 3 rings (SSSR count). The molecule has 1 aromatic heterocycles. The minimum atomic E-state index is 0.277. The molecule has 19 heavy (non-hydrogen) atoms. The number of hydrogen-bond acceptors (Lipinski definition) is 3. The molecular weight excluding hydrogens is 256 g/mol. The Hall–Kier alpha value is -2.26. The van der Waals surface area contributed by atoms with Crippen molar-refractivity contribution in [3.05, 3.63) is 60.7 Å². The summed E-state index contributed by atoms with van der Waals surface area (Å²) in [4.78, 5) is 2.31. The van der Waals surface area contributed by atoms with Crippen molar-refractivity contribution < 1.29 is 10.2 Å². The Bertz CT molecular complexity index is 622. The van der Waals surface area contributed by atoms with Crippen LogP contribution in [0.15, 0.2) is 60.7 Å². The van der Waals surface area contributed by atoms with Crippen LogP contribution in [0.25, 0.3) is 20.9 Å². The van der Waals surface area contributed by atoms with E-state index in [1.165, 1.54) is 0 Å². The molecule has 3 heteroatoms. The van der Waals surface area contributed by atoms with E-state index in [0.29, 0.717) is 0 Å². The first-order valence-corrected chi connectivity index (χ1v) is 6.73. The van der Waals surface area contributed by atoms with E-state index in [-0.39, 0.29) is 11.5 Å². The van der Waals surface area contributed by atoms with Gasteiger partial charge >= 0.3 is 0 Å². The van der Waals surface area contributed by atoms with Crippen LogP contribution in [0.5, 0.6) is 11.5 Å². The molecule has 0 fully saturated rings. The smallest absolute Gasteiger partial charge is 0.115 e. The zero-order valence-corrected chi connectivity index (χ0v) is 10.9. The fraction of sp³-hybridized carbons (Fsp3) is 0. The van der Waals surface area contributed by atoms with E-state index in [4.69, 9.17) is 0 Å².